The molecule has 2 unspecified atom stereocenters. The molecular formula is C22H31N5O2S. The zero-order chi connectivity index (χ0) is 21.1. The molecule has 2 atom stereocenters. The topological polar surface area (TPSA) is 77.6 Å². The van der Waals surface area contributed by atoms with Gasteiger partial charge in [0.2, 0.25) is 5.91 Å². The molecule has 1 saturated heterocycles. The average molecular weight is 430 g/mol. The number of rotatable bonds is 5. The lowest BCUT2D eigenvalue weighted by Crippen LogP contribution is -2.56. The molecule has 2 fully saturated rings. The second kappa shape index (κ2) is 9.41. The molecule has 2 heterocycles. The molecular weight excluding hydrogens is 398 g/mol. The fourth-order valence-corrected chi connectivity index (χ4v) is 5.46. The summed E-state index contributed by atoms with van der Waals surface area (Å²) in [5, 5.41) is 6.58. The van der Waals surface area contributed by atoms with Gasteiger partial charge in [-0.25, -0.2) is 9.78 Å². The van der Waals surface area contributed by atoms with Gasteiger partial charge < -0.3 is 5.32 Å². The first-order chi connectivity index (χ1) is 14.5. The molecule has 8 heteroatoms. The second-order valence-electron chi connectivity index (χ2n) is 8.39. The molecule has 2 N–H and O–H groups in total. The minimum Gasteiger partial charge on any atom is -0.335 e. The Bertz CT molecular complexity index is 854. The Morgan fingerprint density at radius 2 is 1.73 bits per heavy atom. The molecule has 1 aromatic heterocycles. The number of para-hydroxylation sites is 1. The normalized spacial score (nSPS) is 20.9. The number of aromatic nitrogens is 1. The Hall–Kier alpha value is -2.03. The first-order valence-corrected chi connectivity index (χ1v) is 11.8. The number of benzene rings is 1. The molecule has 0 radical (unpaired) electrons. The smallest absolute Gasteiger partial charge is 0.321 e. The monoisotopic (exact) mass is 429 g/mol. The molecule has 0 bridgehead atoms. The van der Waals surface area contributed by atoms with Gasteiger partial charge in [0.05, 0.1) is 22.3 Å². The van der Waals surface area contributed by atoms with Gasteiger partial charge in [-0.05, 0) is 38.8 Å². The van der Waals surface area contributed by atoms with E-state index in [9.17, 15) is 9.59 Å². The van der Waals surface area contributed by atoms with Gasteiger partial charge in [-0.3, -0.25) is 19.9 Å². The minimum absolute atomic E-state index is 0.209. The third-order valence-corrected chi connectivity index (χ3v) is 7.63. The molecule has 4 rings (SSSR count). The van der Waals surface area contributed by atoms with E-state index in [1.807, 2.05) is 19.1 Å². The van der Waals surface area contributed by atoms with Crippen LogP contribution in [0.1, 0.15) is 50.6 Å². The van der Waals surface area contributed by atoms with Crippen LogP contribution in [0.3, 0.4) is 0 Å². The molecule has 2 aliphatic rings. The maximum atomic E-state index is 12.5. The van der Waals surface area contributed by atoms with E-state index >= 15 is 0 Å². The number of nitrogens with one attached hydrogen (secondary N) is 2. The van der Waals surface area contributed by atoms with E-state index in [2.05, 4.69) is 39.5 Å². The van der Waals surface area contributed by atoms with Crippen molar-refractivity contribution >= 4 is 33.5 Å². The van der Waals surface area contributed by atoms with Gasteiger partial charge in [-0.15, -0.1) is 11.3 Å². The zero-order valence-electron chi connectivity index (χ0n) is 17.8. The van der Waals surface area contributed by atoms with E-state index in [4.69, 9.17) is 4.98 Å². The van der Waals surface area contributed by atoms with Crippen LogP contribution in [0, 0.1) is 0 Å². The molecule has 162 valence electrons. The number of amides is 3. The van der Waals surface area contributed by atoms with Crippen LogP contribution in [-0.2, 0) is 4.79 Å². The first-order valence-electron chi connectivity index (χ1n) is 11.0. The number of nitrogens with zero attached hydrogens (tertiary/aromatic N) is 3. The summed E-state index contributed by atoms with van der Waals surface area (Å²) in [5.74, 6) is -0.224. The van der Waals surface area contributed by atoms with Crippen molar-refractivity contribution in [3.63, 3.8) is 0 Å². The van der Waals surface area contributed by atoms with E-state index < -0.39 is 0 Å². The van der Waals surface area contributed by atoms with Crippen LogP contribution >= 0.6 is 11.3 Å². The Kier molecular flexibility index (Phi) is 6.65. The summed E-state index contributed by atoms with van der Waals surface area (Å²) in [6, 6.07) is 8.03. The number of fused-ring (bicyclic) bond motifs is 1. The lowest BCUT2D eigenvalue weighted by molar-refractivity contribution is -0.125. The molecule has 1 aliphatic heterocycles. The third-order valence-electron chi connectivity index (χ3n) is 6.42. The third kappa shape index (κ3) is 4.82. The molecule has 7 nitrogen and oxygen atoms in total. The number of imide groups is 1. The predicted molar refractivity (Wildman–Crippen MR) is 120 cm³/mol. The summed E-state index contributed by atoms with van der Waals surface area (Å²) in [4.78, 5) is 34.0. The van der Waals surface area contributed by atoms with Crippen LogP contribution in [-0.4, -0.2) is 65.0 Å². The standard InChI is InChI=1S/C22H31N5O2S/c1-15(20(28)25-22(29)23-17-7-3-4-8-17)26-11-13-27(14-12-26)16(2)21-24-18-9-5-6-10-19(18)30-21/h5-6,9-10,15-17H,3-4,7-8,11-14H2,1-2H3,(H2,23,25,28,29). The maximum Gasteiger partial charge on any atom is 0.321 e. The fourth-order valence-electron chi connectivity index (χ4n) is 4.41. The summed E-state index contributed by atoms with van der Waals surface area (Å²) in [5.41, 5.74) is 1.06. The lowest BCUT2D eigenvalue weighted by atomic mass is 10.2. The highest BCUT2D eigenvalue weighted by atomic mass is 32.1. The largest absolute Gasteiger partial charge is 0.335 e. The van der Waals surface area contributed by atoms with Gasteiger partial charge >= 0.3 is 6.03 Å². The number of thiazole rings is 1. The number of piperazine rings is 1. The lowest BCUT2D eigenvalue weighted by Gasteiger charge is -2.39. The molecule has 30 heavy (non-hydrogen) atoms. The van der Waals surface area contributed by atoms with Gasteiger partial charge in [0.1, 0.15) is 5.01 Å². The van der Waals surface area contributed by atoms with E-state index in [0.717, 1.165) is 62.4 Å². The van der Waals surface area contributed by atoms with E-state index in [0.29, 0.717) is 0 Å². The van der Waals surface area contributed by atoms with Crippen LogP contribution in [0.2, 0.25) is 0 Å². The first kappa shape index (κ1) is 21.2. The number of urea groups is 1. The van der Waals surface area contributed by atoms with Crippen molar-refractivity contribution in [2.24, 2.45) is 0 Å². The number of carbonyl (C=O) groups excluding carboxylic acids is 2. The SMILES string of the molecule is CC(C(=O)NC(=O)NC1CCCC1)N1CCN(C(C)c2nc3ccccc3s2)CC1. The molecule has 3 amide bonds. The van der Waals surface area contributed by atoms with Gasteiger partial charge in [-0.1, -0.05) is 25.0 Å². The van der Waals surface area contributed by atoms with Crippen molar-refractivity contribution in [2.45, 2.75) is 57.7 Å². The predicted octanol–water partition coefficient (Wildman–Crippen LogP) is 3.13. The molecule has 1 aliphatic carbocycles. The second-order valence-corrected chi connectivity index (χ2v) is 9.45. The molecule has 1 aromatic carbocycles. The highest BCUT2D eigenvalue weighted by Gasteiger charge is 2.29. The molecule has 0 spiro atoms. The van der Waals surface area contributed by atoms with Crippen LogP contribution in [0.25, 0.3) is 10.2 Å². The van der Waals surface area contributed by atoms with Crippen LogP contribution in [0.4, 0.5) is 4.79 Å². The van der Waals surface area contributed by atoms with Crippen molar-refractivity contribution < 1.29 is 9.59 Å². The van der Waals surface area contributed by atoms with Gasteiger partial charge in [-0.2, -0.15) is 0 Å². The number of hydrogen-bond donors (Lipinski definition) is 2. The van der Waals surface area contributed by atoms with Crippen molar-refractivity contribution in [3.8, 4) is 0 Å². The Balaban J connectivity index is 1.26. The maximum absolute atomic E-state index is 12.5. The van der Waals surface area contributed by atoms with E-state index in [1.165, 1.54) is 4.70 Å². The molecule has 2 aromatic rings. The van der Waals surface area contributed by atoms with Crippen molar-refractivity contribution in [1.82, 2.24) is 25.4 Å². The number of carbonyl (C=O) groups is 2. The van der Waals surface area contributed by atoms with E-state index in [1.54, 1.807) is 11.3 Å². The zero-order valence-corrected chi connectivity index (χ0v) is 18.6. The quantitative estimate of drug-likeness (QED) is 0.764. The summed E-state index contributed by atoms with van der Waals surface area (Å²) in [7, 11) is 0. The Morgan fingerprint density at radius 1 is 1.07 bits per heavy atom. The van der Waals surface area contributed by atoms with Crippen LogP contribution in [0.15, 0.2) is 24.3 Å². The highest BCUT2D eigenvalue weighted by Crippen LogP contribution is 2.30. The molecule has 1 saturated carbocycles. The average Bonchev–Trinajstić information content (AvgIpc) is 3.42. The van der Waals surface area contributed by atoms with Crippen molar-refractivity contribution in [2.75, 3.05) is 26.2 Å². The van der Waals surface area contributed by atoms with Crippen molar-refractivity contribution in [1.29, 1.82) is 0 Å². The summed E-state index contributed by atoms with van der Waals surface area (Å²) in [6.45, 7) is 7.44. The van der Waals surface area contributed by atoms with Crippen LogP contribution in [0.5, 0.6) is 0 Å². The highest BCUT2D eigenvalue weighted by molar-refractivity contribution is 7.18. The fraction of sp³-hybridized carbons (Fsp3) is 0.591. The van der Waals surface area contributed by atoms with Gasteiger partial charge in [0.15, 0.2) is 0 Å². The summed E-state index contributed by atoms with van der Waals surface area (Å²) in [6.07, 6.45) is 4.31. The van der Waals surface area contributed by atoms with Crippen molar-refractivity contribution in [3.05, 3.63) is 29.3 Å². The van der Waals surface area contributed by atoms with Gasteiger partial charge in [0, 0.05) is 32.2 Å². The Morgan fingerprint density at radius 3 is 2.43 bits per heavy atom. The number of hydrogen-bond acceptors (Lipinski definition) is 6. The minimum atomic E-state index is -0.359. The summed E-state index contributed by atoms with van der Waals surface area (Å²) < 4.78 is 1.22. The summed E-state index contributed by atoms with van der Waals surface area (Å²) >= 11 is 1.76. The van der Waals surface area contributed by atoms with Gasteiger partial charge in [0.25, 0.3) is 0 Å². The van der Waals surface area contributed by atoms with E-state index in [-0.39, 0.29) is 30.1 Å². The van der Waals surface area contributed by atoms with Crippen LogP contribution < -0.4 is 10.6 Å². The Labute approximate surface area is 181 Å².